The van der Waals surface area contributed by atoms with Crippen LogP contribution in [0.25, 0.3) is 0 Å². The summed E-state index contributed by atoms with van der Waals surface area (Å²) in [5, 5.41) is 19.0. The van der Waals surface area contributed by atoms with Crippen LogP contribution in [0.15, 0.2) is 0 Å². The molecule has 1 aliphatic rings. The molecule has 0 radical (unpaired) electrons. The van der Waals surface area contributed by atoms with Gasteiger partial charge in [0.1, 0.15) is 6.04 Å². The van der Waals surface area contributed by atoms with E-state index in [9.17, 15) is 4.79 Å². The fraction of sp³-hybridized carbons (Fsp3) is 0.556. The topological polar surface area (TPSA) is 78.0 Å². The Kier molecular flexibility index (Phi) is 2.70. The fourth-order valence-electron chi connectivity index (χ4n) is 1.73. The molecule has 5 nitrogen and oxygen atoms in total. The van der Waals surface area contributed by atoms with E-state index >= 15 is 0 Å². The first-order chi connectivity index (χ1) is 7.09. The molecule has 0 amide bonds. The highest BCUT2D eigenvalue weighted by atomic mass is 32.2. The van der Waals surface area contributed by atoms with E-state index in [0.29, 0.717) is 5.75 Å². The Morgan fingerprint density at radius 2 is 2.33 bits per heavy atom. The Labute approximate surface area is 91.6 Å². The molecule has 1 aliphatic heterocycles. The number of nitrogens with one attached hydrogen (secondary N) is 2. The second-order valence-electron chi connectivity index (χ2n) is 3.62. The standard InChI is InChI=1S/C9H13N3O2S/c1-4-7(5(2)12-11-4)8-10-6(3-15-8)9(13)14/h6,8,10H,3H2,1-2H3,(H,11,12)(H,13,14)/t6-,8?/m0/s1. The smallest absolute Gasteiger partial charge is 0.321 e. The van der Waals surface area contributed by atoms with Gasteiger partial charge >= 0.3 is 5.97 Å². The summed E-state index contributed by atoms with van der Waals surface area (Å²) in [5.41, 5.74) is 3.02. The Bertz CT molecular complexity index is 371. The molecular formula is C9H13N3O2S. The van der Waals surface area contributed by atoms with E-state index in [-0.39, 0.29) is 5.37 Å². The van der Waals surface area contributed by atoms with Gasteiger partial charge in [0, 0.05) is 17.0 Å². The molecule has 0 bridgehead atoms. The van der Waals surface area contributed by atoms with Gasteiger partial charge in [-0.25, -0.2) is 0 Å². The summed E-state index contributed by atoms with van der Waals surface area (Å²) in [6.07, 6.45) is 0. The lowest BCUT2D eigenvalue weighted by molar-refractivity contribution is -0.138. The van der Waals surface area contributed by atoms with Crippen LogP contribution in [-0.2, 0) is 4.79 Å². The number of H-pyrrole nitrogens is 1. The second kappa shape index (κ2) is 3.86. The van der Waals surface area contributed by atoms with Gasteiger partial charge in [-0.15, -0.1) is 11.8 Å². The monoisotopic (exact) mass is 227 g/mol. The second-order valence-corrected chi connectivity index (χ2v) is 4.76. The summed E-state index contributed by atoms with van der Waals surface area (Å²) < 4.78 is 0. The number of rotatable bonds is 2. The number of carboxylic acids is 1. The van der Waals surface area contributed by atoms with E-state index in [1.54, 1.807) is 11.8 Å². The van der Waals surface area contributed by atoms with Crippen molar-refractivity contribution >= 4 is 17.7 Å². The largest absolute Gasteiger partial charge is 0.480 e. The molecule has 0 saturated carbocycles. The highest BCUT2D eigenvalue weighted by Gasteiger charge is 2.32. The first-order valence-electron chi connectivity index (χ1n) is 4.71. The van der Waals surface area contributed by atoms with Gasteiger partial charge in [0.15, 0.2) is 0 Å². The average molecular weight is 227 g/mol. The zero-order chi connectivity index (χ0) is 11.0. The first-order valence-corrected chi connectivity index (χ1v) is 5.76. The summed E-state index contributed by atoms with van der Waals surface area (Å²) >= 11 is 1.61. The Morgan fingerprint density at radius 1 is 1.60 bits per heavy atom. The highest BCUT2D eigenvalue weighted by molar-refractivity contribution is 7.99. The van der Waals surface area contributed by atoms with Crippen molar-refractivity contribution in [3.8, 4) is 0 Å². The maximum Gasteiger partial charge on any atom is 0.321 e. The van der Waals surface area contributed by atoms with E-state index < -0.39 is 12.0 Å². The van der Waals surface area contributed by atoms with E-state index in [1.807, 2.05) is 13.8 Å². The van der Waals surface area contributed by atoms with Gasteiger partial charge < -0.3 is 5.11 Å². The van der Waals surface area contributed by atoms with Gasteiger partial charge in [0.05, 0.1) is 11.1 Å². The third kappa shape index (κ3) is 1.87. The lowest BCUT2D eigenvalue weighted by Crippen LogP contribution is -2.33. The molecule has 0 spiro atoms. The van der Waals surface area contributed by atoms with Crippen molar-refractivity contribution in [2.24, 2.45) is 0 Å². The van der Waals surface area contributed by atoms with Crippen LogP contribution in [-0.4, -0.2) is 33.1 Å². The van der Waals surface area contributed by atoms with Crippen LogP contribution in [0.4, 0.5) is 0 Å². The van der Waals surface area contributed by atoms with E-state index in [1.165, 1.54) is 0 Å². The number of aryl methyl sites for hydroxylation is 2. The van der Waals surface area contributed by atoms with Crippen LogP contribution >= 0.6 is 11.8 Å². The Hall–Kier alpha value is -1.01. The molecule has 0 aromatic carbocycles. The zero-order valence-corrected chi connectivity index (χ0v) is 9.39. The number of hydrogen-bond acceptors (Lipinski definition) is 4. The maximum atomic E-state index is 10.8. The van der Waals surface area contributed by atoms with Crippen molar-refractivity contribution in [3.05, 3.63) is 17.0 Å². The van der Waals surface area contributed by atoms with Gasteiger partial charge in [0.25, 0.3) is 0 Å². The van der Waals surface area contributed by atoms with Crippen molar-refractivity contribution < 1.29 is 9.90 Å². The van der Waals surface area contributed by atoms with Crippen molar-refractivity contribution in [2.75, 3.05) is 5.75 Å². The van der Waals surface area contributed by atoms with Crippen LogP contribution in [0.5, 0.6) is 0 Å². The molecule has 0 aliphatic carbocycles. The summed E-state index contributed by atoms with van der Waals surface area (Å²) in [4.78, 5) is 10.8. The van der Waals surface area contributed by atoms with E-state index in [0.717, 1.165) is 17.0 Å². The molecular weight excluding hydrogens is 214 g/mol. The number of nitrogens with zero attached hydrogens (tertiary/aromatic N) is 1. The van der Waals surface area contributed by atoms with Gasteiger partial charge in [-0.2, -0.15) is 5.10 Å². The van der Waals surface area contributed by atoms with Gasteiger partial charge in [0.2, 0.25) is 0 Å². The Morgan fingerprint density at radius 3 is 2.80 bits per heavy atom. The lowest BCUT2D eigenvalue weighted by Gasteiger charge is -2.11. The van der Waals surface area contributed by atoms with Gasteiger partial charge in [-0.05, 0) is 13.8 Å². The Balaban J connectivity index is 2.17. The van der Waals surface area contributed by atoms with Crippen LogP contribution in [0.2, 0.25) is 0 Å². The molecule has 1 aromatic rings. The highest BCUT2D eigenvalue weighted by Crippen LogP contribution is 2.35. The normalized spacial score (nSPS) is 25.7. The number of aliphatic carboxylic acids is 1. The molecule has 2 atom stereocenters. The average Bonchev–Trinajstić information content (AvgIpc) is 2.73. The van der Waals surface area contributed by atoms with Crippen molar-refractivity contribution in [1.82, 2.24) is 15.5 Å². The molecule has 15 heavy (non-hydrogen) atoms. The first kappa shape index (κ1) is 10.5. The minimum Gasteiger partial charge on any atom is -0.480 e. The van der Waals surface area contributed by atoms with E-state index in [2.05, 4.69) is 15.5 Å². The quantitative estimate of drug-likeness (QED) is 0.697. The van der Waals surface area contributed by atoms with Gasteiger partial charge in [-0.1, -0.05) is 0 Å². The summed E-state index contributed by atoms with van der Waals surface area (Å²) in [7, 11) is 0. The third-order valence-electron chi connectivity index (χ3n) is 2.53. The van der Waals surface area contributed by atoms with Crippen LogP contribution in [0.3, 0.4) is 0 Å². The SMILES string of the molecule is Cc1n[nH]c(C)c1C1N[C@H](C(=O)O)CS1. The van der Waals surface area contributed by atoms with Gasteiger partial charge in [-0.3, -0.25) is 15.2 Å². The zero-order valence-electron chi connectivity index (χ0n) is 8.57. The molecule has 6 heteroatoms. The maximum absolute atomic E-state index is 10.8. The predicted molar refractivity (Wildman–Crippen MR) is 57.8 cm³/mol. The number of carbonyl (C=O) groups is 1. The molecule has 82 valence electrons. The van der Waals surface area contributed by atoms with Crippen molar-refractivity contribution in [1.29, 1.82) is 0 Å². The molecule has 3 N–H and O–H groups in total. The van der Waals surface area contributed by atoms with Crippen LogP contribution < -0.4 is 5.32 Å². The fourth-order valence-corrected chi connectivity index (χ4v) is 3.12. The molecule has 1 aromatic heterocycles. The van der Waals surface area contributed by atoms with Crippen molar-refractivity contribution in [3.63, 3.8) is 0 Å². The van der Waals surface area contributed by atoms with Crippen LogP contribution in [0, 0.1) is 13.8 Å². The molecule has 2 rings (SSSR count). The number of hydrogen-bond donors (Lipinski definition) is 3. The van der Waals surface area contributed by atoms with E-state index in [4.69, 9.17) is 5.11 Å². The van der Waals surface area contributed by atoms with Crippen molar-refractivity contribution in [2.45, 2.75) is 25.3 Å². The number of thioether (sulfide) groups is 1. The summed E-state index contributed by atoms with van der Waals surface area (Å²) in [6.45, 7) is 3.88. The third-order valence-corrected chi connectivity index (χ3v) is 3.76. The molecule has 2 heterocycles. The number of aromatic amines is 1. The molecule has 1 fully saturated rings. The summed E-state index contributed by atoms with van der Waals surface area (Å²) in [6, 6.07) is -0.450. The lowest BCUT2D eigenvalue weighted by atomic mass is 10.2. The molecule has 1 unspecified atom stereocenters. The number of carboxylic acid groups (broad SMARTS) is 1. The minimum absolute atomic E-state index is 0.0462. The van der Waals surface area contributed by atoms with Crippen LogP contribution in [0.1, 0.15) is 22.3 Å². The predicted octanol–water partition coefficient (Wildman–Crippen LogP) is 0.815. The molecule has 1 saturated heterocycles. The minimum atomic E-state index is -0.788. The summed E-state index contributed by atoms with van der Waals surface area (Å²) in [5.74, 6) is -0.187. The number of aromatic nitrogens is 2.